The number of aryl methyl sites for hydroxylation is 1. The molecule has 32 heavy (non-hydrogen) atoms. The maximum absolute atomic E-state index is 13.0. The molecule has 164 valence electrons. The average Bonchev–Trinajstić information content (AvgIpc) is 3.17. The van der Waals surface area contributed by atoms with Crippen LogP contribution in [0.4, 0.5) is 10.5 Å². The number of rotatable bonds is 4. The maximum Gasteiger partial charge on any atom is 0.333 e. The van der Waals surface area contributed by atoms with Crippen LogP contribution in [0.5, 0.6) is 0 Å². The molecular formula is C20H14Cl2N4O4S2. The SMILES string of the molecule is Cc1nc2ccc(Cl)cc2c(=O)n1-c1ccc(NC(=O)NS(=O)(=O)c2ccc(Cl)s2)cc1. The van der Waals surface area contributed by atoms with Gasteiger partial charge in [-0.2, -0.15) is 0 Å². The largest absolute Gasteiger partial charge is 0.333 e. The number of carbonyl (C=O) groups is 1. The Morgan fingerprint density at radius 1 is 1.06 bits per heavy atom. The summed E-state index contributed by atoms with van der Waals surface area (Å²) in [6.45, 7) is 1.71. The molecule has 0 fully saturated rings. The summed E-state index contributed by atoms with van der Waals surface area (Å²) < 4.78 is 28.0. The number of hydrogen-bond acceptors (Lipinski definition) is 6. The first kappa shape index (κ1) is 22.3. The Labute approximate surface area is 196 Å². The molecule has 2 aromatic heterocycles. The molecule has 0 atom stereocenters. The second-order valence-electron chi connectivity index (χ2n) is 6.63. The van der Waals surface area contributed by atoms with Gasteiger partial charge in [0, 0.05) is 10.7 Å². The molecular weight excluding hydrogens is 495 g/mol. The van der Waals surface area contributed by atoms with Gasteiger partial charge in [-0.1, -0.05) is 23.2 Å². The van der Waals surface area contributed by atoms with Crippen LogP contribution in [-0.2, 0) is 10.0 Å². The standard InChI is InChI=1S/C20H14Cl2N4O4S2/c1-11-23-16-7-2-12(21)10-15(16)19(27)26(11)14-5-3-13(4-6-14)24-20(28)25-32(29,30)18-9-8-17(22)31-18/h2-10H,1H3,(H2,24,25,28). The topological polar surface area (TPSA) is 110 Å². The fourth-order valence-electron chi connectivity index (χ4n) is 3.04. The highest BCUT2D eigenvalue weighted by molar-refractivity contribution is 7.92. The summed E-state index contributed by atoms with van der Waals surface area (Å²) in [5.74, 6) is 0.476. The summed E-state index contributed by atoms with van der Waals surface area (Å²) in [7, 11) is -4.04. The Morgan fingerprint density at radius 2 is 1.78 bits per heavy atom. The summed E-state index contributed by atoms with van der Waals surface area (Å²) in [6, 6.07) is 13.0. The number of benzene rings is 2. The number of sulfonamides is 1. The van der Waals surface area contributed by atoms with Gasteiger partial charge in [0.15, 0.2) is 0 Å². The van der Waals surface area contributed by atoms with Gasteiger partial charge in [-0.05, 0) is 61.5 Å². The molecule has 0 radical (unpaired) electrons. The minimum Gasteiger partial charge on any atom is -0.307 e. The van der Waals surface area contributed by atoms with Crippen LogP contribution in [0.2, 0.25) is 9.36 Å². The Kier molecular flexibility index (Phi) is 5.95. The zero-order valence-electron chi connectivity index (χ0n) is 16.3. The highest BCUT2D eigenvalue weighted by Crippen LogP contribution is 2.25. The van der Waals surface area contributed by atoms with Gasteiger partial charge < -0.3 is 5.32 Å². The number of thiophene rings is 1. The molecule has 2 aromatic carbocycles. The lowest BCUT2D eigenvalue weighted by Gasteiger charge is -2.12. The molecule has 4 rings (SSSR count). The lowest BCUT2D eigenvalue weighted by Crippen LogP contribution is -2.33. The molecule has 12 heteroatoms. The van der Waals surface area contributed by atoms with Crippen LogP contribution >= 0.6 is 34.5 Å². The first-order chi connectivity index (χ1) is 15.1. The van der Waals surface area contributed by atoms with Gasteiger partial charge in [0.25, 0.3) is 15.6 Å². The predicted molar refractivity (Wildman–Crippen MR) is 126 cm³/mol. The van der Waals surface area contributed by atoms with Crippen molar-refractivity contribution in [2.75, 3.05) is 5.32 Å². The maximum atomic E-state index is 13.0. The second-order valence-corrected chi connectivity index (χ2v) is 10.7. The number of fused-ring (bicyclic) bond motifs is 1. The van der Waals surface area contributed by atoms with E-state index >= 15 is 0 Å². The Morgan fingerprint density at radius 3 is 2.44 bits per heavy atom. The van der Waals surface area contributed by atoms with E-state index in [-0.39, 0.29) is 14.1 Å². The average molecular weight is 509 g/mol. The second kappa shape index (κ2) is 8.55. The monoisotopic (exact) mass is 508 g/mol. The predicted octanol–water partition coefficient (Wildman–Crippen LogP) is 4.57. The van der Waals surface area contributed by atoms with Crippen LogP contribution < -0.4 is 15.6 Å². The number of hydrogen-bond donors (Lipinski definition) is 2. The van der Waals surface area contributed by atoms with Gasteiger partial charge in [0.2, 0.25) is 0 Å². The van der Waals surface area contributed by atoms with Crippen molar-refractivity contribution >= 4 is 67.2 Å². The fraction of sp³-hybridized carbons (Fsp3) is 0.0500. The molecule has 0 saturated carbocycles. The van der Waals surface area contributed by atoms with Crippen molar-refractivity contribution in [2.24, 2.45) is 0 Å². The van der Waals surface area contributed by atoms with Gasteiger partial charge in [0.05, 0.1) is 20.9 Å². The van der Waals surface area contributed by atoms with E-state index in [9.17, 15) is 18.0 Å². The number of nitrogens with zero attached hydrogens (tertiary/aromatic N) is 2. The minimum absolute atomic E-state index is 0.0771. The number of aromatic nitrogens is 2. The molecule has 0 saturated heterocycles. The molecule has 2 amide bonds. The number of urea groups is 1. The van der Waals surface area contributed by atoms with Crippen LogP contribution in [0.1, 0.15) is 5.82 Å². The van der Waals surface area contributed by atoms with E-state index in [1.165, 1.54) is 28.8 Å². The first-order valence-corrected chi connectivity index (χ1v) is 12.1. The van der Waals surface area contributed by atoms with Crippen molar-refractivity contribution in [3.63, 3.8) is 0 Å². The van der Waals surface area contributed by atoms with Crippen LogP contribution in [0.3, 0.4) is 0 Å². The van der Waals surface area contributed by atoms with E-state index in [1.807, 2.05) is 4.72 Å². The lowest BCUT2D eigenvalue weighted by molar-refractivity contribution is 0.256. The Balaban J connectivity index is 1.56. The highest BCUT2D eigenvalue weighted by atomic mass is 35.5. The van der Waals surface area contributed by atoms with Gasteiger partial charge in [-0.25, -0.2) is 22.9 Å². The van der Waals surface area contributed by atoms with Crippen molar-refractivity contribution in [2.45, 2.75) is 11.1 Å². The molecule has 8 nitrogen and oxygen atoms in total. The van der Waals surface area contributed by atoms with E-state index in [0.717, 1.165) is 11.3 Å². The first-order valence-electron chi connectivity index (χ1n) is 9.02. The molecule has 0 spiro atoms. The molecule has 0 unspecified atom stereocenters. The summed E-state index contributed by atoms with van der Waals surface area (Å²) in [4.78, 5) is 29.6. The third-order valence-electron chi connectivity index (χ3n) is 4.42. The normalized spacial score (nSPS) is 11.5. The molecule has 0 bridgehead atoms. The van der Waals surface area contributed by atoms with Gasteiger partial charge in [0.1, 0.15) is 10.0 Å². The number of halogens is 2. The van der Waals surface area contributed by atoms with Crippen molar-refractivity contribution in [3.8, 4) is 5.69 Å². The molecule has 0 aliphatic rings. The van der Waals surface area contributed by atoms with Gasteiger partial charge >= 0.3 is 6.03 Å². The molecule has 0 aliphatic carbocycles. The van der Waals surface area contributed by atoms with Crippen LogP contribution in [0, 0.1) is 6.92 Å². The van der Waals surface area contributed by atoms with E-state index in [2.05, 4.69) is 10.3 Å². The van der Waals surface area contributed by atoms with E-state index in [1.54, 1.807) is 37.3 Å². The van der Waals surface area contributed by atoms with Gasteiger partial charge in [-0.3, -0.25) is 9.36 Å². The zero-order chi connectivity index (χ0) is 23.0. The number of carbonyl (C=O) groups excluding carboxylic acids is 1. The lowest BCUT2D eigenvalue weighted by atomic mass is 10.2. The smallest absolute Gasteiger partial charge is 0.307 e. The van der Waals surface area contributed by atoms with E-state index in [4.69, 9.17) is 23.2 Å². The molecule has 0 aliphatic heterocycles. The summed E-state index contributed by atoms with van der Waals surface area (Å²) in [5.41, 5.74) is 1.10. The number of anilines is 1. The zero-order valence-corrected chi connectivity index (χ0v) is 19.4. The van der Waals surface area contributed by atoms with E-state index < -0.39 is 16.1 Å². The van der Waals surface area contributed by atoms with Crippen LogP contribution in [-0.4, -0.2) is 24.0 Å². The van der Waals surface area contributed by atoms with Crippen molar-refractivity contribution < 1.29 is 13.2 Å². The molecule has 2 N–H and O–H groups in total. The summed E-state index contributed by atoms with van der Waals surface area (Å²) >= 11 is 12.6. The summed E-state index contributed by atoms with van der Waals surface area (Å²) in [6.07, 6.45) is 0. The van der Waals surface area contributed by atoms with Crippen molar-refractivity contribution in [1.29, 1.82) is 0 Å². The Hall–Kier alpha value is -2.92. The van der Waals surface area contributed by atoms with E-state index in [0.29, 0.717) is 33.1 Å². The third-order valence-corrected chi connectivity index (χ3v) is 7.71. The third kappa shape index (κ3) is 4.49. The van der Waals surface area contributed by atoms with Crippen molar-refractivity contribution in [1.82, 2.24) is 14.3 Å². The number of amides is 2. The van der Waals surface area contributed by atoms with Crippen LogP contribution in [0.15, 0.2) is 63.6 Å². The minimum atomic E-state index is -4.04. The quantitative estimate of drug-likeness (QED) is 0.419. The van der Waals surface area contributed by atoms with Gasteiger partial charge in [-0.15, -0.1) is 11.3 Å². The van der Waals surface area contributed by atoms with Crippen molar-refractivity contribution in [3.05, 3.63) is 80.1 Å². The highest BCUT2D eigenvalue weighted by Gasteiger charge is 2.20. The Bertz CT molecular complexity index is 1510. The summed E-state index contributed by atoms with van der Waals surface area (Å²) in [5, 5.41) is 3.25. The molecule has 4 aromatic rings. The number of nitrogens with one attached hydrogen (secondary N) is 2. The fourth-order valence-corrected chi connectivity index (χ4v) is 5.60. The molecule has 2 heterocycles. The van der Waals surface area contributed by atoms with Crippen LogP contribution in [0.25, 0.3) is 16.6 Å².